The Morgan fingerprint density at radius 1 is 1.15 bits per heavy atom. The number of halogens is 1. The number of ether oxygens (including phenoxy) is 1. The Hall–Kier alpha value is -3.17. The van der Waals surface area contributed by atoms with Gasteiger partial charge in [-0.3, -0.25) is 19.9 Å². The maximum absolute atomic E-state index is 13.1. The van der Waals surface area contributed by atoms with Gasteiger partial charge in [-0.05, 0) is 43.5 Å². The lowest BCUT2D eigenvalue weighted by molar-refractivity contribution is -0.138. The van der Waals surface area contributed by atoms with Gasteiger partial charge in [-0.2, -0.15) is 0 Å². The van der Waals surface area contributed by atoms with E-state index in [4.69, 9.17) is 16.3 Å². The van der Waals surface area contributed by atoms with Crippen LogP contribution in [0.2, 0.25) is 5.02 Å². The van der Waals surface area contributed by atoms with Gasteiger partial charge < -0.3 is 15.0 Å². The lowest BCUT2D eigenvalue weighted by atomic mass is 10.0. The molecule has 0 bridgehead atoms. The van der Waals surface area contributed by atoms with E-state index in [1.165, 1.54) is 11.3 Å². The summed E-state index contributed by atoms with van der Waals surface area (Å²) in [5.74, 6) is 0.303. The number of aromatic nitrogens is 1. The predicted octanol–water partition coefficient (Wildman–Crippen LogP) is 3.81. The minimum Gasteiger partial charge on any atom is -0.479 e. The van der Waals surface area contributed by atoms with Crippen LogP contribution in [0.4, 0.5) is 4.79 Å². The highest BCUT2D eigenvalue weighted by molar-refractivity contribution is 7.19. The van der Waals surface area contributed by atoms with Crippen LogP contribution in [-0.2, 0) is 16.0 Å². The highest BCUT2D eigenvalue weighted by Crippen LogP contribution is 2.45. The molecular weight excluding hydrogens is 476 g/mol. The molecule has 5 heterocycles. The summed E-state index contributed by atoms with van der Waals surface area (Å²) in [5.41, 5.74) is 3.26. The van der Waals surface area contributed by atoms with E-state index in [9.17, 15) is 14.4 Å². The van der Waals surface area contributed by atoms with Crippen LogP contribution in [0.5, 0.6) is 5.75 Å². The Morgan fingerprint density at radius 3 is 2.74 bits per heavy atom. The largest absolute Gasteiger partial charge is 0.479 e. The number of likely N-dealkylation sites (tertiary alicyclic amines) is 1. The van der Waals surface area contributed by atoms with E-state index in [-0.39, 0.29) is 11.8 Å². The molecule has 2 N–H and O–H groups in total. The van der Waals surface area contributed by atoms with Gasteiger partial charge in [0.15, 0.2) is 6.10 Å². The average molecular weight is 497 g/mol. The highest BCUT2D eigenvalue weighted by Gasteiger charge is 2.36. The van der Waals surface area contributed by atoms with Crippen molar-refractivity contribution in [2.45, 2.75) is 37.8 Å². The van der Waals surface area contributed by atoms with Crippen molar-refractivity contribution in [2.24, 2.45) is 0 Å². The van der Waals surface area contributed by atoms with E-state index in [2.05, 4.69) is 15.6 Å². The summed E-state index contributed by atoms with van der Waals surface area (Å²) >= 11 is 7.88. The summed E-state index contributed by atoms with van der Waals surface area (Å²) in [6.45, 7) is 1.55. The van der Waals surface area contributed by atoms with Gasteiger partial charge >= 0.3 is 6.03 Å². The van der Waals surface area contributed by atoms with Gasteiger partial charge in [0.25, 0.3) is 11.8 Å². The lowest BCUT2D eigenvalue weighted by Gasteiger charge is -2.28. The molecule has 10 heteroatoms. The van der Waals surface area contributed by atoms with E-state index in [1.807, 2.05) is 29.2 Å². The van der Waals surface area contributed by atoms with E-state index in [0.717, 1.165) is 53.7 Å². The van der Waals surface area contributed by atoms with Crippen LogP contribution in [-0.4, -0.2) is 46.9 Å². The summed E-state index contributed by atoms with van der Waals surface area (Å²) in [5, 5.41) is 5.46. The molecule has 0 saturated carbocycles. The molecule has 0 spiro atoms. The van der Waals surface area contributed by atoms with Crippen molar-refractivity contribution in [3.63, 3.8) is 0 Å². The number of pyridine rings is 1. The first-order valence-electron chi connectivity index (χ1n) is 11.3. The Labute approximate surface area is 204 Å². The molecule has 8 nitrogen and oxygen atoms in total. The van der Waals surface area contributed by atoms with Crippen LogP contribution in [0.1, 0.15) is 35.7 Å². The van der Waals surface area contributed by atoms with Crippen LogP contribution in [0.3, 0.4) is 0 Å². The van der Waals surface area contributed by atoms with E-state index >= 15 is 0 Å². The number of nitrogens with zero attached hydrogens (tertiary/aromatic N) is 2. The predicted molar refractivity (Wildman–Crippen MR) is 128 cm³/mol. The Balaban J connectivity index is 1.38. The van der Waals surface area contributed by atoms with Crippen LogP contribution in [0.25, 0.3) is 21.3 Å². The smallest absolute Gasteiger partial charge is 0.322 e. The number of piperidine rings is 1. The van der Waals surface area contributed by atoms with Gasteiger partial charge in [-0.25, -0.2) is 4.79 Å². The molecule has 3 aliphatic heterocycles. The van der Waals surface area contributed by atoms with Gasteiger partial charge in [0.05, 0.1) is 10.2 Å². The van der Waals surface area contributed by atoms with E-state index < -0.39 is 18.2 Å². The van der Waals surface area contributed by atoms with Gasteiger partial charge in [-0.1, -0.05) is 11.6 Å². The third kappa shape index (κ3) is 3.59. The van der Waals surface area contributed by atoms with E-state index in [0.29, 0.717) is 27.6 Å². The molecule has 2 aromatic heterocycles. The number of urea groups is 1. The van der Waals surface area contributed by atoms with Crippen LogP contribution >= 0.6 is 22.9 Å². The van der Waals surface area contributed by atoms with E-state index in [1.54, 1.807) is 6.20 Å². The number of thiophene rings is 1. The summed E-state index contributed by atoms with van der Waals surface area (Å²) in [6.07, 6.45) is 4.83. The Kier molecular flexibility index (Phi) is 5.18. The van der Waals surface area contributed by atoms with Crippen molar-refractivity contribution in [2.75, 3.05) is 13.1 Å². The zero-order valence-electron chi connectivity index (χ0n) is 18.1. The molecule has 2 atom stereocenters. The Morgan fingerprint density at radius 2 is 1.97 bits per heavy atom. The molecule has 6 rings (SSSR count). The standard InChI is InChI=1S/C24H21ClN4O4S/c25-13-8-12-9-17(23(31)29-6-2-1-3-7-29)33-20(12)15(10-13)14-4-5-26-16-11-18(34-21(14)16)19-22(30)28-24(32)27-19/h4-5,8,10-11,17,19H,1-3,6-7,9H2,(H2,27,28,30,32). The number of benzene rings is 1. The maximum atomic E-state index is 13.1. The third-order valence-electron chi connectivity index (χ3n) is 6.52. The fraction of sp³-hybridized carbons (Fsp3) is 0.333. The number of fused-ring (bicyclic) bond motifs is 2. The molecule has 3 aromatic rings. The van der Waals surface area contributed by atoms with Crippen LogP contribution in [0.15, 0.2) is 30.5 Å². The molecule has 4 amide bonds. The molecule has 0 radical (unpaired) electrons. The summed E-state index contributed by atoms with van der Waals surface area (Å²) < 4.78 is 7.11. The molecule has 0 aliphatic carbocycles. The minimum absolute atomic E-state index is 0.0271. The van der Waals surface area contributed by atoms with Crippen molar-refractivity contribution < 1.29 is 19.1 Å². The molecule has 34 heavy (non-hydrogen) atoms. The number of rotatable bonds is 3. The first kappa shape index (κ1) is 21.4. The number of imide groups is 1. The summed E-state index contributed by atoms with van der Waals surface area (Å²) in [6, 6.07) is 6.14. The number of amides is 4. The normalized spacial score (nSPS) is 21.9. The number of carbonyl (C=O) groups is 3. The number of nitrogens with one attached hydrogen (secondary N) is 2. The SMILES string of the molecule is O=C1NC(=O)C(c2cc3nccc(-c4cc(Cl)cc5c4OC(C(=O)N4CCCCC4)C5)c3s2)N1. The minimum atomic E-state index is -0.743. The number of carbonyl (C=O) groups excluding carboxylic acids is 3. The third-order valence-corrected chi connectivity index (χ3v) is 7.96. The molecule has 2 saturated heterocycles. The van der Waals surface area contributed by atoms with Gasteiger partial charge in [0.1, 0.15) is 11.8 Å². The average Bonchev–Trinajstić information content (AvgIpc) is 3.54. The molecule has 2 unspecified atom stereocenters. The quantitative estimate of drug-likeness (QED) is 0.537. The fourth-order valence-corrected chi connectivity index (χ4v) is 6.34. The van der Waals surface area contributed by atoms with Crippen LogP contribution in [0, 0.1) is 0 Å². The first-order valence-corrected chi connectivity index (χ1v) is 12.5. The number of hydrogen-bond donors (Lipinski definition) is 2. The highest BCUT2D eigenvalue weighted by atomic mass is 35.5. The van der Waals surface area contributed by atoms with Gasteiger partial charge in [-0.15, -0.1) is 11.3 Å². The Bertz CT molecular complexity index is 1350. The molecule has 2 fully saturated rings. The second kappa shape index (κ2) is 8.25. The fourth-order valence-electron chi connectivity index (χ4n) is 4.91. The molecule has 3 aliphatic rings. The van der Waals surface area contributed by atoms with Crippen LogP contribution < -0.4 is 15.4 Å². The van der Waals surface area contributed by atoms with Gasteiger partial charge in [0, 0.05) is 52.3 Å². The van der Waals surface area contributed by atoms with Gasteiger partial charge in [0.2, 0.25) is 0 Å². The zero-order chi connectivity index (χ0) is 23.4. The van der Waals surface area contributed by atoms with Crippen molar-refractivity contribution in [1.82, 2.24) is 20.5 Å². The van der Waals surface area contributed by atoms with Crippen molar-refractivity contribution in [3.8, 4) is 16.9 Å². The molecular formula is C24H21ClN4O4S. The zero-order valence-corrected chi connectivity index (χ0v) is 19.7. The first-order chi connectivity index (χ1) is 16.5. The topological polar surface area (TPSA) is 101 Å². The van der Waals surface area contributed by atoms with Crippen molar-refractivity contribution in [1.29, 1.82) is 0 Å². The lowest BCUT2D eigenvalue weighted by Crippen LogP contribution is -2.43. The van der Waals surface area contributed by atoms with Crippen molar-refractivity contribution >= 4 is 51.0 Å². The second-order valence-electron chi connectivity index (χ2n) is 8.76. The monoisotopic (exact) mass is 496 g/mol. The molecule has 1 aromatic carbocycles. The van der Waals surface area contributed by atoms with Crippen molar-refractivity contribution in [3.05, 3.63) is 45.9 Å². The summed E-state index contributed by atoms with van der Waals surface area (Å²) in [7, 11) is 0. The maximum Gasteiger partial charge on any atom is 0.322 e. The molecule has 174 valence electrons. The second-order valence-corrected chi connectivity index (χ2v) is 10.3. The number of hydrogen-bond acceptors (Lipinski definition) is 6. The summed E-state index contributed by atoms with van der Waals surface area (Å²) in [4.78, 5) is 43.9.